The van der Waals surface area contributed by atoms with Crippen molar-refractivity contribution in [3.8, 4) is 11.5 Å². The van der Waals surface area contributed by atoms with Gasteiger partial charge in [-0.3, -0.25) is 4.90 Å². The Balaban J connectivity index is 1.99. The van der Waals surface area contributed by atoms with E-state index in [0.717, 1.165) is 12.1 Å². The first-order chi connectivity index (χ1) is 10.1. The summed E-state index contributed by atoms with van der Waals surface area (Å²) in [6, 6.07) is 4.52. The molecule has 0 aromatic heterocycles. The van der Waals surface area contributed by atoms with E-state index in [0.29, 0.717) is 6.54 Å². The van der Waals surface area contributed by atoms with Crippen LogP contribution >= 0.6 is 12.2 Å². The summed E-state index contributed by atoms with van der Waals surface area (Å²) in [6.45, 7) is 4.08. The molecular formula is C13H13F3N2O3S. The minimum absolute atomic E-state index is 0.0898. The molecule has 0 atom stereocenters. The molecule has 5 nitrogen and oxygen atoms in total. The Morgan fingerprint density at radius 1 is 1.27 bits per heavy atom. The molecule has 1 amide bonds. The molecule has 0 spiro atoms. The fourth-order valence-electron chi connectivity index (χ4n) is 1.88. The number of rotatable bonds is 2. The molecule has 1 aliphatic rings. The van der Waals surface area contributed by atoms with Gasteiger partial charge in [-0.1, -0.05) is 0 Å². The Bertz CT molecular complexity index is 587. The molecule has 1 aromatic carbocycles. The minimum atomic E-state index is -4.77. The summed E-state index contributed by atoms with van der Waals surface area (Å²) in [7, 11) is 0. The van der Waals surface area contributed by atoms with Crippen LogP contribution in [-0.4, -0.2) is 34.6 Å². The topological polar surface area (TPSA) is 50.8 Å². The molecule has 0 saturated carbocycles. The van der Waals surface area contributed by atoms with Crippen molar-refractivity contribution in [1.29, 1.82) is 0 Å². The largest absolute Gasteiger partial charge is 0.573 e. The highest BCUT2D eigenvalue weighted by atomic mass is 32.1. The summed E-state index contributed by atoms with van der Waals surface area (Å²) in [4.78, 5) is 13.2. The van der Waals surface area contributed by atoms with Gasteiger partial charge in [0, 0.05) is 0 Å². The first-order valence-electron chi connectivity index (χ1n) is 6.23. The van der Waals surface area contributed by atoms with Gasteiger partial charge in [-0.2, -0.15) is 0 Å². The Morgan fingerprint density at radius 2 is 1.82 bits per heavy atom. The number of hydrogen-bond donors (Lipinski definition) is 1. The lowest BCUT2D eigenvalue weighted by atomic mass is 10.1. The number of carbonyl (C=O) groups is 1. The predicted molar refractivity (Wildman–Crippen MR) is 75.7 cm³/mol. The number of benzene rings is 1. The van der Waals surface area contributed by atoms with Gasteiger partial charge in [0.15, 0.2) is 5.11 Å². The van der Waals surface area contributed by atoms with Gasteiger partial charge in [0.1, 0.15) is 11.5 Å². The molecule has 9 heteroatoms. The molecule has 1 fully saturated rings. The lowest BCUT2D eigenvalue weighted by Crippen LogP contribution is -2.36. The molecule has 1 N–H and O–H groups in total. The zero-order valence-electron chi connectivity index (χ0n) is 11.7. The quantitative estimate of drug-likeness (QED) is 0.843. The first-order valence-corrected chi connectivity index (χ1v) is 6.64. The van der Waals surface area contributed by atoms with Crippen molar-refractivity contribution in [2.24, 2.45) is 0 Å². The van der Waals surface area contributed by atoms with Crippen molar-refractivity contribution in [3.05, 3.63) is 24.3 Å². The normalized spacial score (nSPS) is 17.1. The van der Waals surface area contributed by atoms with Gasteiger partial charge in [0.05, 0.1) is 12.1 Å². The fourth-order valence-corrected chi connectivity index (χ4v) is 2.29. The van der Waals surface area contributed by atoms with Gasteiger partial charge >= 0.3 is 12.5 Å². The molecule has 120 valence electrons. The number of ether oxygens (including phenoxy) is 2. The highest BCUT2D eigenvalue weighted by Gasteiger charge is 2.37. The number of alkyl halides is 3. The molecule has 1 saturated heterocycles. The summed E-state index contributed by atoms with van der Waals surface area (Å²) in [5.74, 6) is -0.307. The van der Waals surface area contributed by atoms with E-state index in [1.165, 1.54) is 17.0 Å². The van der Waals surface area contributed by atoms with Gasteiger partial charge in [-0.25, -0.2) is 4.79 Å². The van der Waals surface area contributed by atoms with Crippen LogP contribution in [0.15, 0.2) is 24.3 Å². The van der Waals surface area contributed by atoms with E-state index in [-0.39, 0.29) is 16.4 Å². The van der Waals surface area contributed by atoms with Crippen LogP contribution in [0.5, 0.6) is 11.5 Å². The summed E-state index contributed by atoms with van der Waals surface area (Å²) in [6.07, 6.45) is -5.47. The van der Waals surface area contributed by atoms with Crippen molar-refractivity contribution >= 4 is 23.4 Å². The van der Waals surface area contributed by atoms with Crippen LogP contribution in [0.3, 0.4) is 0 Å². The highest BCUT2D eigenvalue weighted by molar-refractivity contribution is 7.80. The fraction of sp³-hybridized carbons (Fsp3) is 0.385. The van der Waals surface area contributed by atoms with Crippen LogP contribution in [0.25, 0.3) is 0 Å². The van der Waals surface area contributed by atoms with Gasteiger partial charge in [0.2, 0.25) is 0 Å². The zero-order valence-corrected chi connectivity index (χ0v) is 12.5. The number of halogens is 3. The Hall–Kier alpha value is -2.03. The zero-order chi connectivity index (χ0) is 16.5. The van der Waals surface area contributed by atoms with Crippen molar-refractivity contribution in [2.45, 2.75) is 25.7 Å². The summed E-state index contributed by atoms with van der Waals surface area (Å²) >= 11 is 5.03. The van der Waals surface area contributed by atoms with Crippen LogP contribution < -0.4 is 14.8 Å². The van der Waals surface area contributed by atoms with E-state index in [4.69, 9.17) is 17.0 Å². The average Bonchev–Trinajstić information content (AvgIpc) is 2.63. The number of nitrogens with zero attached hydrogens (tertiary/aromatic N) is 1. The third-order valence-corrected chi connectivity index (χ3v) is 3.05. The van der Waals surface area contributed by atoms with Crippen LogP contribution in [0.4, 0.5) is 18.0 Å². The second kappa shape index (κ2) is 5.64. The van der Waals surface area contributed by atoms with E-state index in [9.17, 15) is 18.0 Å². The minimum Gasteiger partial charge on any atom is -0.410 e. The lowest BCUT2D eigenvalue weighted by Gasteiger charge is -2.17. The third-order valence-electron chi connectivity index (χ3n) is 2.73. The van der Waals surface area contributed by atoms with Gasteiger partial charge in [-0.15, -0.1) is 13.2 Å². The smallest absolute Gasteiger partial charge is 0.410 e. The van der Waals surface area contributed by atoms with E-state index in [1.807, 2.05) is 13.8 Å². The number of hydrogen-bond acceptors (Lipinski definition) is 4. The molecule has 1 aliphatic heterocycles. The second-order valence-electron chi connectivity index (χ2n) is 5.29. The average molecular weight is 334 g/mol. The van der Waals surface area contributed by atoms with Crippen LogP contribution in [0, 0.1) is 0 Å². The predicted octanol–water partition coefficient (Wildman–Crippen LogP) is 3.05. The molecule has 0 aliphatic carbocycles. The maximum Gasteiger partial charge on any atom is 0.573 e. The number of thiocarbonyl (C=S) groups is 1. The standard InChI is InChI=1S/C13H13F3N2O3S/c1-12(2)7-18(10(22)17-12)11(19)20-8-3-5-9(6-4-8)21-13(14,15)16/h3-6H,7H2,1-2H3,(H,17,22). The Kier molecular flexibility index (Phi) is 4.19. The number of carbonyl (C=O) groups excluding carboxylic acids is 1. The van der Waals surface area contributed by atoms with Crippen LogP contribution in [-0.2, 0) is 0 Å². The third kappa shape index (κ3) is 4.23. The van der Waals surface area contributed by atoms with E-state index in [2.05, 4.69) is 10.1 Å². The molecule has 0 bridgehead atoms. The Labute approximate surface area is 130 Å². The molecular weight excluding hydrogens is 321 g/mol. The van der Waals surface area contributed by atoms with Gasteiger partial charge < -0.3 is 14.8 Å². The maximum atomic E-state index is 12.0. The molecule has 22 heavy (non-hydrogen) atoms. The number of nitrogens with one attached hydrogen (secondary N) is 1. The maximum absolute atomic E-state index is 12.0. The molecule has 2 rings (SSSR count). The van der Waals surface area contributed by atoms with Crippen LogP contribution in [0.1, 0.15) is 13.8 Å². The number of amides is 1. The van der Waals surface area contributed by atoms with Crippen molar-refractivity contribution in [2.75, 3.05) is 6.54 Å². The Morgan fingerprint density at radius 3 is 2.27 bits per heavy atom. The molecule has 1 heterocycles. The monoisotopic (exact) mass is 334 g/mol. The van der Waals surface area contributed by atoms with Gasteiger partial charge in [-0.05, 0) is 50.3 Å². The van der Waals surface area contributed by atoms with Crippen LogP contribution in [0.2, 0.25) is 0 Å². The molecule has 1 aromatic rings. The SMILES string of the molecule is CC1(C)CN(C(=O)Oc2ccc(OC(F)(F)F)cc2)C(=S)N1. The van der Waals surface area contributed by atoms with E-state index in [1.54, 1.807) is 0 Å². The van der Waals surface area contributed by atoms with E-state index >= 15 is 0 Å². The summed E-state index contributed by atoms with van der Waals surface area (Å²) in [5.41, 5.74) is -0.361. The van der Waals surface area contributed by atoms with Gasteiger partial charge in [0.25, 0.3) is 0 Å². The van der Waals surface area contributed by atoms with E-state index < -0.39 is 18.2 Å². The summed E-state index contributed by atoms with van der Waals surface area (Å²) in [5, 5.41) is 3.20. The first kappa shape index (κ1) is 16.3. The second-order valence-corrected chi connectivity index (χ2v) is 5.67. The highest BCUT2D eigenvalue weighted by Crippen LogP contribution is 2.25. The summed E-state index contributed by atoms with van der Waals surface area (Å²) < 4.78 is 44.9. The van der Waals surface area contributed by atoms with Crippen molar-refractivity contribution < 1.29 is 27.4 Å². The molecule has 0 unspecified atom stereocenters. The van der Waals surface area contributed by atoms with Crippen molar-refractivity contribution in [1.82, 2.24) is 10.2 Å². The lowest BCUT2D eigenvalue weighted by molar-refractivity contribution is -0.274. The molecule has 0 radical (unpaired) electrons. The van der Waals surface area contributed by atoms with Crippen molar-refractivity contribution in [3.63, 3.8) is 0 Å².